The molecule has 1 amide bonds. The first kappa shape index (κ1) is 14.3. The molecule has 2 aromatic rings. The summed E-state index contributed by atoms with van der Waals surface area (Å²) in [5, 5.41) is 2.89. The number of nitrogens with zero attached hydrogens (tertiary/aromatic N) is 2. The summed E-state index contributed by atoms with van der Waals surface area (Å²) in [6, 6.07) is 7.10. The molecule has 0 saturated carbocycles. The van der Waals surface area contributed by atoms with Gasteiger partial charge in [-0.1, -0.05) is 11.6 Å². The van der Waals surface area contributed by atoms with Crippen LogP contribution in [-0.4, -0.2) is 22.0 Å². The zero-order valence-corrected chi connectivity index (χ0v) is 11.9. The van der Waals surface area contributed by atoms with Crippen molar-refractivity contribution >= 4 is 23.2 Å². The number of hydrogen-bond donors (Lipinski definition) is 1. The lowest BCUT2D eigenvalue weighted by Crippen LogP contribution is -2.14. The molecule has 0 aliphatic carbocycles. The number of amides is 1. The van der Waals surface area contributed by atoms with Gasteiger partial charge in [0.05, 0.1) is 18.5 Å². The quantitative estimate of drug-likeness (QED) is 0.940. The van der Waals surface area contributed by atoms with E-state index in [1.54, 1.807) is 24.3 Å². The Bertz CT molecular complexity index is 600. The monoisotopic (exact) mass is 291 g/mol. The van der Waals surface area contributed by atoms with Crippen LogP contribution in [-0.2, 0) is 0 Å². The zero-order chi connectivity index (χ0) is 14.5. The molecular formula is C14H14ClN3O2. The van der Waals surface area contributed by atoms with Gasteiger partial charge in [-0.3, -0.25) is 9.78 Å². The Balaban J connectivity index is 2.04. The minimum atomic E-state index is -0.363. The van der Waals surface area contributed by atoms with Crippen molar-refractivity contribution in [3.05, 3.63) is 47.5 Å². The number of hydrogen-bond acceptors (Lipinski definition) is 4. The molecule has 6 heteroatoms. The molecule has 0 fully saturated rings. The van der Waals surface area contributed by atoms with E-state index in [0.717, 1.165) is 5.75 Å². The normalized spacial score (nSPS) is 10.4. The molecule has 0 unspecified atom stereocenters. The van der Waals surface area contributed by atoms with Gasteiger partial charge in [-0.25, -0.2) is 4.98 Å². The molecule has 2 rings (SSSR count). The standard InChI is InChI=1S/C14H14ClN3O2/c1-9(2)20-11-5-3-10(4-6-11)17-14(19)12-7-16-8-13(15)18-12/h3-9H,1-2H3,(H,17,19). The predicted octanol–water partition coefficient (Wildman–Crippen LogP) is 3.17. The van der Waals surface area contributed by atoms with Gasteiger partial charge < -0.3 is 10.1 Å². The van der Waals surface area contributed by atoms with Gasteiger partial charge in [0.15, 0.2) is 0 Å². The summed E-state index contributed by atoms with van der Waals surface area (Å²) in [7, 11) is 0. The van der Waals surface area contributed by atoms with Gasteiger partial charge in [-0.2, -0.15) is 0 Å². The smallest absolute Gasteiger partial charge is 0.275 e. The van der Waals surface area contributed by atoms with Crippen LogP contribution >= 0.6 is 11.6 Å². The zero-order valence-electron chi connectivity index (χ0n) is 11.1. The Kier molecular flexibility index (Phi) is 4.53. The van der Waals surface area contributed by atoms with Crippen LogP contribution in [0.4, 0.5) is 5.69 Å². The van der Waals surface area contributed by atoms with Gasteiger partial charge in [0.25, 0.3) is 5.91 Å². The highest BCUT2D eigenvalue weighted by Crippen LogP contribution is 2.17. The van der Waals surface area contributed by atoms with E-state index >= 15 is 0 Å². The third-order valence-electron chi connectivity index (χ3n) is 2.32. The molecule has 0 bridgehead atoms. The average Bonchev–Trinajstić information content (AvgIpc) is 2.40. The summed E-state index contributed by atoms with van der Waals surface area (Å²) in [4.78, 5) is 19.6. The van der Waals surface area contributed by atoms with Gasteiger partial charge in [-0.15, -0.1) is 0 Å². The summed E-state index contributed by atoms with van der Waals surface area (Å²) in [6.07, 6.45) is 2.84. The molecule has 0 atom stereocenters. The second-order valence-corrected chi connectivity index (χ2v) is 4.76. The van der Waals surface area contributed by atoms with Crippen LogP contribution in [0, 0.1) is 0 Å². The number of carbonyl (C=O) groups is 1. The predicted molar refractivity (Wildman–Crippen MR) is 77.2 cm³/mol. The minimum Gasteiger partial charge on any atom is -0.491 e. The summed E-state index contributed by atoms with van der Waals surface area (Å²) in [5.41, 5.74) is 0.813. The van der Waals surface area contributed by atoms with Crippen molar-refractivity contribution < 1.29 is 9.53 Å². The summed E-state index contributed by atoms with van der Waals surface area (Å²) in [6.45, 7) is 3.90. The van der Waals surface area contributed by atoms with E-state index in [1.807, 2.05) is 13.8 Å². The number of carbonyl (C=O) groups excluding carboxylic acids is 1. The molecule has 1 aromatic carbocycles. The maximum absolute atomic E-state index is 11.9. The second-order valence-electron chi connectivity index (χ2n) is 4.37. The molecule has 0 aliphatic heterocycles. The van der Waals surface area contributed by atoms with E-state index in [2.05, 4.69) is 15.3 Å². The topological polar surface area (TPSA) is 64.1 Å². The second kappa shape index (κ2) is 6.34. The lowest BCUT2D eigenvalue weighted by molar-refractivity contribution is 0.102. The lowest BCUT2D eigenvalue weighted by atomic mass is 10.3. The van der Waals surface area contributed by atoms with E-state index < -0.39 is 0 Å². The van der Waals surface area contributed by atoms with Crippen LogP contribution in [0.3, 0.4) is 0 Å². The maximum atomic E-state index is 11.9. The number of ether oxygens (including phenoxy) is 1. The van der Waals surface area contributed by atoms with Crippen LogP contribution in [0.25, 0.3) is 0 Å². The number of rotatable bonds is 4. The molecule has 1 heterocycles. The van der Waals surface area contributed by atoms with Gasteiger partial charge in [0.1, 0.15) is 16.6 Å². The number of benzene rings is 1. The van der Waals surface area contributed by atoms with Crippen LogP contribution in [0.15, 0.2) is 36.7 Å². The van der Waals surface area contributed by atoms with Crippen LogP contribution in [0.2, 0.25) is 5.15 Å². The average molecular weight is 292 g/mol. The van der Waals surface area contributed by atoms with Crippen LogP contribution < -0.4 is 10.1 Å². The number of nitrogens with one attached hydrogen (secondary N) is 1. The highest BCUT2D eigenvalue weighted by molar-refractivity contribution is 6.29. The number of aromatic nitrogens is 2. The van der Waals surface area contributed by atoms with E-state index in [0.29, 0.717) is 5.69 Å². The van der Waals surface area contributed by atoms with Crippen molar-refractivity contribution in [1.82, 2.24) is 9.97 Å². The summed E-state index contributed by atoms with van der Waals surface area (Å²) < 4.78 is 5.52. The molecular weight excluding hydrogens is 278 g/mol. The molecule has 0 spiro atoms. The third kappa shape index (κ3) is 3.93. The molecule has 1 N–H and O–H groups in total. The van der Waals surface area contributed by atoms with Gasteiger partial charge in [0.2, 0.25) is 0 Å². The van der Waals surface area contributed by atoms with Crippen molar-refractivity contribution in [2.75, 3.05) is 5.32 Å². The van der Waals surface area contributed by atoms with Gasteiger partial charge in [0, 0.05) is 5.69 Å². The number of anilines is 1. The van der Waals surface area contributed by atoms with Crippen molar-refractivity contribution in [2.24, 2.45) is 0 Å². The fraction of sp³-hybridized carbons (Fsp3) is 0.214. The first-order valence-electron chi connectivity index (χ1n) is 6.10. The number of halogens is 1. The third-order valence-corrected chi connectivity index (χ3v) is 2.50. The van der Waals surface area contributed by atoms with E-state index in [1.165, 1.54) is 12.4 Å². The SMILES string of the molecule is CC(C)Oc1ccc(NC(=O)c2cncc(Cl)n2)cc1. The molecule has 0 saturated heterocycles. The van der Waals surface area contributed by atoms with E-state index in [9.17, 15) is 4.79 Å². The van der Waals surface area contributed by atoms with Crippen LogP contribution in [0.1, 0.15) is 24.3 Å². The van der Waals surface area contributed by atoms with Gasteiger partial charge >= 0.3 is 0 Å². The molecule has 1 aromatic heterocycles. The maximum Gasteiger partial charge on any atom is 0.275 e. The Hall–Kier alpha value is -2.14. The molecule has 20 heavy (non-hydrogen) atoms. The van der Waals surface area contributed by atoms with Gasteiger partial charge in [-0.05, 0) is 38.1 Å². The van der Waals surface area contributed by atoms with Crippen molar-refractivity contribution in [3.63, 3.8) is 0 Å². The van der Waals surface area contributed by atoms with Crippen LogP contribution in [0.5, 0.6) is 5.75 Å². The fourth-order valence-corrected chi connectivity index (χ4v) is 1.68. The van der Waals surface area contributed by atoms with Crippen molar-refractivity contribution in [3.8, 4) is 5.75 Å². The highest BCUT2D eigenvalue weighted by Gasteiger charge is 2.09. The van der Waals surface area contributed by atoms with E-state index in [-0.39, 0.29) is 22.9 Å². The van der Waals surface area contributed by atoms with Crippen molar-refractivity contribution in [2.45, 2.75) is 20.0 Å². The highest BCUT2D eigenvalue weighted by atomic mass is 35.5. The Morgan fingerprint density at radius 3 is 2.55 bits per heavy atom. The van der Waals surface area contributed by atoms with E-state index in [4.69, 9.17) is 16.3 Å². The Morgan fingerprint density at radius 2 is 1.95 bits per heavy atom. The molecule has 0 radical (unpaired) electrons. The Morgan fingerprint density at radius 1 is 1.25 bits per heavy atom. The molecule has 0 aliphatic rings. The summed E-state index contributed by atoms with van der Waals surface area (Å²) >= 11 is 5.69. The molecule has 5 nitrogen and oxygen atoms in total. The summed E-state index contributed by atoms with van der Waals surface area (Å²) in [5.74, 6) is 0.387. The Labute approximate surface area is 122 Å². The van der Waals surface area contributed by atoms with Crippen molar-refractivity contribution in [1.29, 1.82) is 0 Å². The molecule has 104 valence electrons. The lowest BCUT2D eigenvalue weighted by Gasteiger charge is -2.10. The largest absolute Gasteiger partial charge is 0.491 e. The fourth-order valence-electron chi connectivity index (χ4n) is 1.54. The minimum absolute atomic E-state index is 0.108. The first-order valence-corrected chi connectivity index (χ1v) is 6.48. The first-order chi connectivity index (χ1) is 9.54.